The summed E-state index contributed by atoms with van der Waals surface area (Å²) in [5.41, 5.74) is -0.118. The third-order valence-electron chi connectivity index (χ3n) is 9.83. The lowest BCUT2D eigenvalue weighted by Crippen LogP contribution is -2.53. The second-order valence-electron chi connectivity index (χ2n) is 10.7. The average Bonchev–Trinajstić information content (AvgIpc) is 2.80. The van der Waals surface area contributed by atoms with Gasteiger partial charge in [0.1, 0.15) is 5.78 Å². The minimum absolute atomic E-state index is 0.271. The van der Waals surface area contributed by atoms with Crippen molar-refractivity contribution in [2.24, 2.45) is 40.9 Å². The van der Waals surface area contributed by atoms with E-state index in [1.165, 1.54) is 51.4 Å². The summed E-state index contributed by atoms with van der Waals surface area (Å²) in [6.45, 7) is 6.47. The molecule has 0 spiro atoms. The van der Waals surface area contributed by atoms with Crippen LogP contribution in [-0.4, -0.2) is 16.5 Å². The van der Waals surface area contributed by atoms with Gasteiger partial charge in [-0.05, 0) is 113 Å². The van der Waals surface area contributed by atoms with E-state index in [2.05, 4.69) is 13.8 Å². The fourth-order valence-electron chi connectivity index (χ4n) is 8.27. The Kier molecular flexibility index (Phi) is 5.04. The molecular formula is C24H40O2. The molecule has 0 amide bonds. The second-order valence-corrected chi connectivity index (χ2v) is 10.7. The first kappa shape index (κ1) is 19.0. The molecule has 0 radical (unpaired) electrons. The smallest absolute Gasteiger partial charge is 0.133 e. The van der Waals surface area contributed by atoms with Crippen LogP contribution in [0.15, 0.2) is 0 Å². The van der Waals surface area contributed by atoms with Crippen LogP contribution < -0.4 is 0 Å². The van der Waals surface area contributed by atoms with Crippen LogP contribution in [0.4, 0.5) is 0 Å². The van der Waals surface area contributed by atoms with Crippen LogP contribution in [0.5, 0.6) is 0 Å². The molecule has 1 N–H and O–H groups in total. The van der Waals surface area contributed by atoms with E-state index in [1.807, 2.05) is 6.92 Å². The van der Waals surface area contributed by atoms with E-state index in [1.54, 1.807) is 0 Å². The van der Waals surface area contributed by atoms with Gasteiger partial charge in [-0.1, -0.05) is 20.3 Å². The third-order valence-corrected chi connectivity index (χ3v) is 9.83. The molecule has 148 valence electrons. The van der Waals surface area contributed by atoms with Gasteiger partial charge in [-0.2, -0.15) is 0 Å². The van der Waals surface area contributed by atoms with E-state index in [4.69, 9.17) is 0 Å². The van der Waals surface area contributed by atoms with E-state index in [-0.39, 0.29) is 11.0 Å². The van der Waals surface area contributed by atoms with Gasteiger partial charge in [0.15, 0.2) is 0 Å². The van der Waals surface area contributed by atoms with Crippen molar-refractivity contribution >= 4 is 5.78 Å². The van der Waals surface area contributed by atoms with Crippen LogP contribution in [0.2, 0.25) is 0 Å². The lowest BCUT2D eigenvalue weighted by Gasteiger charge is -2.59. The highest BCUT2D eigenvalue weighted by atomic mass is 16.3. The molecule has 4 aliphatic rings. The summed E-state index contributed by atoms with van der Waals surface area (Å²) in [5.74, 6) is 4.97. The normalized spacial score (nSPS) is 51.5. The van der Waals surface area contributed by atoms with Crippen molar-refractivity contribution in [2.75, 3.05) is 0 Å². The van der Waals surface area contributed by atoms with E-state index in [0.29, 0.717) is 11.7 Å². The standard InChI is InChI=1S/C24H40O2/c1-4-24(26)14-10-17-8-9-20-19(18(17)12-15-24)11-13-23(3)21(16(2)25)6-5-7-22(20)23/h17-22,26H,4-15H2,1-3H3/t17-,18+,19-,20-,21-,22+,23-,24+/m1/s1. The summed E-state index contributed by atoms with van der Waals surface area (Å²) in [4.78, 5) is 12.4. The van der Waals surface area contributed by atoms with Crippen molar-refractivity contribution in [3.8, 4) is 0 Å². The Hall–Kier alpha value is -0.370. The molecule has 0 aliphatic heterocycles. The molecule has 0 heterocycles. The highest BCUT2D eigenvalue weighted by Crippen LogP contribution is 2.63. The van der Waals surface area contributed by atoms with E-state index in [0.717, 1.165) is 55.3 Å². The summed E-state index contributed by atoms with van der Waals surface area (Å²) in [7, 11) is 0. The molecule has 4 fully saturated rings. The lowest BCUT2D eigenvalue weighted by atomic mass is 9.45. The molecule has 0 saturated heterocycles. The van der Waals surface area contributed by atoms with Crippen LogP contribution in [0.25, 0.3) is 0 Å². The van der Waals surface area contributed by atoms with Gasteiger partial charge < -0.3 is 5.11 Å². The monoisotopic (exact) mass is 360 g/mol. The number of carbonyl (C=O) groups excluding carboxylic acids is 1. The minimum atomic E-state index is -0.388. The van der Waals surface area contributed by atoms with Crippen molar-refractivity contribution in [3.63, 3.8) is 0 Å². The van der Waals surface area contributed by atoms with Gasteiger partial charge in [0.2, 0.25) is 0 Å². The van der Waals surface area contributed by atoms with Gasteiger partial charge in [-0.15, -0.1) is 0 Å². The van der Waals surface area contributed by atoms with E-state index < -0.39 is 0 Å². The van der Waals surface area contributed by atoms with Crippen LogP contribution in [-0.2, 0) is 4.79 Å². The number of fused-ring (bicyclic) bond motifs is 5. The Balaban J connectivity index is 1.56. The summed E-state index contributed by atoms with van der Waals surface area (Å²) in [6.07, 6.45) is 14.6. The zero-order chi connectivity index (χ0) is 18.5. The van der Waals surface area contributed by atoms with Crippen molar-refractivity contribution < 1.29 is 9.90 Å². The highest BCUT2D eigenvalue weighted by Gasteiger charge is 2.56. The maximum atomic E-state index is 12.4. The molecule has 0 aromatic carbocycles. The van der Waals surface area contributed by atoms with E-state index in [9.17, 15) is 9.90 Å². The van der Waals surface area contributed by atoms with Crippen LogP contribution in [0, 0.1) is 40.9 Å². The fourth-order valence-corrected chi connectivity index (χ4v) is 8.27. The Morgan fingerprint density at radius 3 is 2.38 bits per heavy atom. The second kappa shape index (κ2) is 6.90. The Labute approximate surface area is 160 Å². The molecule has 4 aliphatic carbocycles. The number of hydrogen-bond donors (Lipinski definition) is 1. The first-order valence-electron chi connectivity index (χ1n) is 11.6. The van der Waals surface area contributed by atoms with Crippen molar-refractivity contribution in [1.29, 1.82) is 0 Å². The maximum absolute atomic E-state index is 12.4. The Morgan fingerprint density at radius 2 is 1.65 bits per heavy atom. The number of rotatable bonds is 2. The molecule has 8 atom stereocenters. The number of aliphatic hydroxyl groups is 1. The van der Waals surface area contributed by atoms with Gasteiger partial charge in [0, 0.05) is 5.92 Å². The third kappa shape index (κ3) is 2.99. The lowest BCUT2D eigenvalue weighted by molar-refractivity contribution is -0.140. The molecular weight excluding hydrogens is 320 g/mol. The number of ketones is 1. The zero-order valence-corrected chi connectivity index (χ0v) is 17.3. The summed E-state index contributed by atoms with van der Waals surface area (Å²) >= 11 is 0. The largest absolute Gasteiger partial charge is 0.390 e. The number of hydrogen-bond acceptors (Lipinski definition) is 2. The molecule has 4 saturated carbocycles. The molecule has 0 bridgehead atoms. The summed E-state index contributed by atoms with van der Waals surface area (Å²) in [6, 6.07) is 0. The number of Topliss-reactive ketones (excluding diaryl/α,β-unsaturated/α-hetero) is 1. The Morgan fingerprint density at radius 1 is 0.923 bits per heavy atom. The first-order chi connectivity index (χ1) is 12.4. The molecule has 2 heteroatoms. The van der Waals surface area contributed by atoms with Crippen molar-refractivity contribution in [3.05, 3.63) is 0 Å². The van der Waals surface area contributed by atoms with Crippen LogP contribution in [0.3, 0.4) is 0 Å². The molecule has 0 aromatic heterocycles. The minimum Gasteiger partial charge on any atom is -0.390 e. The quantitative estimate of drug-likeness (QED) is 0.679. The van der Waals surface area contributed by atoms with Crippen LogP contribution >= 0.6 is 0 Å². The highest BCUT2D eigenvalue weighted by molar-refractivity contribution is 5.79. The number of carbonyl (C=O) groups is 1. The predicted octanol–water partition coefficient (Wildman–Crippen LogP) is 5.77. The molecule has 26 heavy (non-hydrogen) atoms. The van der Waals surface area contributed by atoms with Crippen molar-refractivity contribution in [1.82, 2.24) is 0 Å². The van der Waals surface area contributed by atoms with Gasteiger partial charge in [-0.3, -0.25) is 4.79 Å². The average molecular weight is 361 g/mol. The SMILES string of the molecule is CC[C@]1(O)CC[C@H]2CC[C@@H]3[C@H](CC[C@]4(C)[C@@H](C(C)=O)CCC[C@@H]34)[C@H]2CC1. The van der Waals surface area contributed by atoms with Crippen LogP contribution in [0.1, 0.15) is 97.8 Å². The van der Waals surface area contributed by atoms with E-state index >= 15 is 0 Å². The molecule has 0 unspecified atom stereocenters. The van der Waals surface area contributed by atoms with Gasteiger partial charge in [0.05, 0.1) is 5.60 Å². The summed E-state index contributed by atoms with van der Waals surface area (Å²) in [5, 5.41) is 10.9. The topological polar surface area (TPSA) is 37.3 Å². The van der Waals surface area contributed by atoms with Gasteiger partial charge in [-0.25, -0.2) is 0 Å². The Bertz CT molecular complexity index is 542. The van der Waals surface area contributed by atoms with Crippen molar-refractivity contribution in [2.45, 2.75) is 103 Å². The zero-order valence-electron chi connectivity index (χ0n) is 17.3. The predicted molar refractivity (Wildman–Crippen MR) is 106 cm³/mol. The fraction of sp³-hybridized carbons (Fsp3) is 0.958. The molecule has 2 nitrogen and oxygen atoms in total. The molecule has 4 rings (SSSR count). The van der Waals surface area contributed by atoms with Gasteiger partial charge in [0.25, 0.3) is 0 Å². The maximum Gasteiger partial charge on any atom is 0.133 e. The first-order valence-corrected chi connectivity index (χ1v) is 11.6. The molecule has 0 aromatic rings. The summed E-state index contributed by atoms with van der Waals surface area (Å²) < 4.78 is 0. The van der Waals surface area contributed by atoms with Gasteiger partial charge >= 0.3 is 0 Å².